The zero-order valence-corrected chi connectivity index (χ0v) is 14.0. The van der Waals surface area contributed by atoms with E-state index in [9.17, 15) is 18.0 Å². The second-order valence-corrected chi connectivity index (χ2v) is 6.27. The molecule has 2 nitrogen and oxygen atoms in total. The number of carboxylic acids is 1. The number of carbonyl (C=O) groups is 1. The van der Waals surface area contributed by atoms with Crippen LogP contribution < -0.4 is 0 Å². The van der Waals surface area contributed by atoms with Crippen molar-refractivity contribution < 1.29 is 23.1 Å². The molecular formula is C17H13Cl2F3O2. The topological polar surface area (TPSA) is 37.3 Å². The van der Waals surface area contributed by atoms with Gasteiger partial charge in [-0.1, -0.05) is 48.3 Å². The van der Waals surface area contributed by atoms with E-state index >= 15 is 0 Å². The molecule has 0 saturated carbocycles. The summed E-state index contributed by atoms with van der Waals surface area (Å²) >= 11 is 12.0. The Bertz CT molecular complexity index is 773. The van der Waals surface area contributed by atoms with E-state index in [0.717, 1.165) is 0 Å². The maximum absolute atomic E-state index is 12.5. The number of hydrogen-bond donors (Lipinski definition) is 1. The normalized spacial score (nSPS) is 12.9. The average molecular weight is 377 g/mol. The Morgan fingerprint density at radius 1 is 1.08 bits per heavy atom. The third kappa shape index (κ3) is 4.42. The number of benzene rings is 2. The van der Waals surface area contributed by atoms with E-state index in [0.29, 0.717) is 16.7 Å². The van der Waals surface area contributed by atoms with Crippen molar-refractivity contribution in [1.29, 1.82) is 0 Å². The van der Waals surface area contributed by atoms with Gasteiger partial charge in [-0.05, 0) is 40.8 Å². The Kier molecular flexibility index (Phi) is 5.45. The first kappa shape index (κ1) is 18.6. The van der Waals surface area contributed by atoms with Crippen LogP contribution in [0.3, 0.4) is 0 Å². The van der Waals surface area contributed by atoms with Crippen molar-refractivity contribution in [2.75, 3.05) is 0 Å². The van der Waals surface area contributed by atoms with Crippen molar-refractivity contribution in [3.63, 3.8) is 0 Å². The molecule has 0 spiro atoms. The van der Waals surface area contributed by atoms with E-state index in [1.807, 2.05) is 0 Å². The van der Waals surface area contributed by atoms with E-state index in [4.69, 9.17) is 28.3 Å². The molecule has 0 fully saturated rings. The maximum Gasteiger partial charge on any atom is 0.389 e. The molecule has 0 heterocycles. The molecule has 0 bridgehead atoms. The van der Waals surface area contributed by atoms with Crippen LogP contribution in [0.5, 0.6) is 0 Å². The summed E-state index contributed by atoms with van der Waals surface area (Å²) in [4.78, 5) is 11.1. The summed E-state index contributed by atoms with van der Waals surface area (Å²) in [6.07, 6.45) is -5.23. The smallest absolute Gasteiger partial charge is 0.389 e. The van der Waals surface area contributed by atoms with Crippen LogP contribution in [0.1, 0.15) is 35.2 Å². The van der Waals surface area contributed by atoms with Crippen LogP contribution in [0, 0.1) is 0 Å². The molecule has 0 radical (unpaired) electrons. The summed E-state index contributed by atoms with van der Waals surface area (Å²) in [6, 6.07) is 9.15. The minimum Gasteiger partial charge on any atom is -0.478 e. The Morgan fingerprint density at radius 2 is 1.67 bits per heavy atom. The number of carboxylic acid groups (broad SMARTS) is 1. The monoisotopic (exact) mass is 376 g/mol. The number of rotatable bonds is 4. The van der Waals surface area contributed by atoms with E-state index < -0.39 is 24.5 Å². The zero-order valence-electron chi connectivity index (χ0n) is 12.5. The summed E-state index contributed by atoms with van der Waals surface area (Å²) in [5, 5.41) is 9.41. The van der Waals surface area contributed by atoms with Crippen LogP contribution in [0.4, 0.5) is 13.2 Å². The summed E-state index contributed by atoms with van der Waals surface area (Å²) in [6.45, 7) is 1.46. The molecule has 7 heteroatoms. The van der Waals surface area contributed by atoms with E-state index in [-0.39, 0.29) is 15.6 Å². The van der Waals surface area contributed by atoms with Gasteiger partial charge in [0.2, 0.25) is 0 Å². The summed E-state index contributed by atoms with van der Waals surface area (Å²) < 4.78 is 37.5. The van der Waals surface area contributed by atoms with E-state index in [2.05, 4.69) is 0 Å². The molecule has 2 rings (SSSR count). The first-order valence-electron chi connectivity index (χ1n) is 6.98. The molecule has 2 aromatic rings. The summed E-state index contributed by atoms with van der Waals surface area (Å²) in [5.74, 6) is -1.94. The molecule has 24 heavy (non-hydrogen) atoms. The van der Waals surface area contributed by atoms with E-state index in [1.54, 1.807) is 12.1 Å². The first-order valence-corrected chi connectivity index (χ1v) is 7.73. The molecule has 1 atom stereocenters. The lowest BCUT2D eigenvalue weighted by Crippen LogP contribution is -2.12. The minimum atomic E-state index is -4.27. The predicted molar refractivity (Wildman–Crippen MR) is 87.9 cm³/mol. The molecule has 0 aromatic heterocycles. The van der Waals surface area contributed by atoms with Crippen LogP contribution in [-0.2, 0) is 0 Å². The van der Waals surface area contributed by atoms with Crippen molar-refractivity contribution in [1.82, 2.24) is 0 Å². The predicted octanol–water partition coefficient (Wildman–Crippen LogP) is 6.41. The largest absolute Gasteiger partial charge is 0.478 e. The third-order valence-corrected chi connectivity index (χ3v) is 4.26. The molecule has 128 valence electrons. The van der Waals surface area contributed by atoms with Gasteiger partial charge in [0.15, 0.2) is 0 Å². The lowest BCUT2D eigenvalue weighted by molar-refractivity contribution is -0.137. The molecule has 0 unspecified atom stereocenters. The quantitative estimate of drug-likeness (QED) is 0.668. The summed E-state index contributed by atoms with van der Waals surface area (Å²) in [7, 11) is 0. The molecule has 0 aliphatic rings. The highest BCUT2D eigenvalue weighted by atomic mass is 35.5. The Morgan fingerprint density at radius 3 is 2.21 bits per heavy atom. The van der Waals surface area contributed by atoms with Gasteiger partial charge < -0.3 is 5.11 Å². The lowest BCUT2D eigenvalue weighted by atomic mass is 9.94. The lowest BCUT2D eigenvalue weighted by Gasteiger charge is -2.16. The van der Waals surface area contributed by atoms with Gasteiger partial charge in [-0.25, -0.2) is 4.79 Å². The fourth-order valence-electron chi connectivity index (χ4n) is 2.43. The Hall–Kier alpha value is -1.72. The van der Waals surface area contributed by atoms with Gasteiger partial charge >= 0.3 is 12.1 Å². The number of aromatic carboxylic acids is 1. The van der Waals surface area contributed by atoms with Crippen LogP contribution in [0.2, 0.25) is 10.0 Å². The van der Waals surface area contributed by atoms with Gasteiger partial charge in [0.1, 0.15) is 0 Å². The molecule has 0 amide bonds. The SMILES string of the molecule is C[C@H](CC(F)(F)F)c1ccc(-c2ccc(Cl)c(C(=O)O)c2)cc1Cl. The highest BCUT2D eigenvalue weighted by Gasteiger charge is 2.31. The van der Waals surface area contributed by atoms with Crippen molar-refractivity contribution in [2.45, 2.75) is 25.4 Å². The minimum absolute atomic E-state index is 0.0557. The van der Waals surface area contributed by atoms with Crippen molar-refractivity contribution in [3.05, 3.63) is 57.6 Å². The second-order valence-electron chi connectivity index (χ2n) is 5.46. The Labute approximate surface area is 146 Å². The molecular weight excluding hydrogens is 364 g/mol. The van der Waals surface area contributed by atoms with Crippen molar-refractivity contribution >= 4 is 29.2 Å². The molecule has 1 N–H and O–H groups in total. The fraction of sp³-hybridized carbons (Fsp3) is 0.235. The van der Waals surface area contributed by atoms with Gasteiger partial charge in [0.25, 0.3) is 0 Å². The van der Waals surface area contributed by atoms with Crippen LogP contribution in [0.15, 0.2) is 36.4 Å². The molecule has 2 aromatic carbocycles. The van der Waals surface area contributed by atoms with Crippen molar-refractivity contribution in [2.24, 2.45) is 0 Å². The number of alkyl halides is 3. The van der Waals surface area contributed by atoms with Crippen LogP contribution in [-0.4, -0.2) is 17.3 Å². The molecule has 0 aliphatic carbocycles. The van der Waals surface area contributed by atoms with Gasteiger partial charge in [0.05, 0.1) is 17.0 Å². The maximum atomic E-state index is 12.5. The summed E-state index contributed by atoms with van der Waals surface area (Å²) in [5.41, 5.74) is 1.50. The molecule has 0 aliphatic heterocycles. The number of hydrogen-bond acceptors (Lipinski definition) is 1. The van der Waals surface area contributed by atoms with Gasteiger partial charge in [-0.2, -0.15) is 13.2 Å². The van der Waals surface area contributed by atoms with Crippen LogP contribution in [0.25, 0.3) is 11.1 Å². The standard InChI is InChI=1S/C17H13Cl2F3O2/c1-9(8-17(20,21)22)12-4-2-11(7-15(12)19)10-3-5-14(18)13(6-10)16(23)24/h2-7,9H,8H2,1H3,(H,23,24)/t9-/m1/s1. The van der Waals surface area contributed by atoms with Gasteiger partial charge in [0, 0.05) is 5.02 Å². The van der Waals surface area contributed by atoms with Gasteiger partial charge in [-0.15, -0.1) is 0 Å². The van der Waals surface area contributed by atoms with E-state index in [1.165, 1.54) is 31.2 Å². The number of halogens is 5. The van der Waals surface area contributed by atoms with Gasteiger partial charge in [-0.3, -0.25) is 0 Å². The molecule has 0 saturated heterocycles. The second kappa shape index (κ2) is 7.03. The van der Waals surface area contributed by atoms with Crippen LogP contribution >= 0.6 is 23.2 Å². The average Bonchev–Trinajstić information content (AvgIpc) is 2.45. The highest BCUT2D eigenvalue weighted by Crippen LogP contribution is 2.36. The highest BCUT2D eigenvalue weighted by molar-refractivity contribution is 6.33. The third-order valence-electron chi connectivity index (χ3n) is 3.60. The fourth-order valence-corrected chi connectivity index (χ4v) is 3.00. The van der Waals surface area contributed by atoms with Crippen molar-refractivity contribution in [3.8, 4) is 11.1 Å². The Balaban J connectivity index is 2.36. The zero-order chi connectivity index (χ0) is 18.1. The first-order chi connectivity index (χ1) is 11.1.